The highest BCUT2D eigenvalue weighted by Gasteiger charge is 2.22. The molecule has 14 heavy (non-hydrogen) atoms. The molecule has 1 heterocycles. The van der Waals surface area contributed by atoms with Crippen LogP contribution in [-0.2, 0) is 10.2 Å². The lowest BCUT2D eigenvalue weighted by Crippen LogP contribution is -2.14. The van der Waals surface area contributed by atoms with Crippen LogP contribution in [0.2, 0.25) is 0 Å². The molecule has 1 aromatic rings. The van der Waals surface area contributed by atoms with E-state index in [0.717, 1.165) is 10.8 Å². The molecule has 4 heteroatoms. The normalized spacial score (nSPS) is 14.1. The summed E-state index contributed by atoms with van der Waals surface area (Å²) in [7, 11) is 0. The van der Waals surface area contributed by atoms with Gasteiger partial charge in [0.05, 0.1) is 5.92 Å². The first-order valence-corrected chi connectivity index (χ1v) is 5.44. The fraction of sp³-hybridized carbons (Fsp3) is 0.700. The molecule has 0 fully saturated rings. The molecule has 0 aliphatic rings. The monoisotopic (exact) mass is 212 g/mol. The van der Waals surface area contributed by atoms with E-state index in [1.165, 1.54) is 11.5 Å². The summed E-state index contributed by atoms with van der Waals surface area (Å²) < 4.78 is 4.27. The van der Waals surface area contributed by atoms with Gasteiger partial charge in [-0.3, -0.25) is 4.79 Å². The molecule has 0 aliphatic heterocycles. The number of carbonyl (C=O) groups is 1. The molecule has 1 atom stereocenters. The van der Waals surface area contributed by atoms with Gasteiger partial charge in [-0.05, 0) is 25.4 Å². The summed E-state index contributed by atoms with van der Waals surface area (Å²) in [6.45, 7) is 9.66. The minimum Gasteiger partial charge on any atom is -0.299 e. The Morgan fingerprint density at radius 3 is 2.36 bits per heavy atom. The third kappa shape index (κ3) is 2.38. The van der Waals surface area contributed by atoms with Gasteiger partial charge in [0.2, 0.25) is 0 Å². The second kappa shape index (κ2) is 3.77. The van der Waals surface area contributed by atoms with Crippen LogP contribution in [0.15, 0.2) is 0 Å². The van der Waals surface area contributed by atoms with Gasteiger partial charge < -0.3 is 0 Å². The first-order chi connectivity index (χ1) is 6.32. The summed E-state index contributed by atoms with van der Waals surface area (Å²) in [6, 6.07) is 0. The molecule has 0 amide bonds. The van der Waals surface area contributed by atoms with Gasteiger partial charge in [-0.25, -0.2) is 4.98 Å². The highest BCUT2D eigenvalue weighted by molar-refractivity contribution is 7.05. The Bertz CT molecular complexity index is 338. The lowest BCUT2D eigenvalue weighted by Gasteiger charge is -2.12. The van der Waals surface area contributed by atoms with Crippen LogP contribution < -0.4 is 0 Å². The maximum Gasteiger partial charge on any atom is 0.147 e. The number of nitrogens with zero attached hydrogens (tertiary/aromatic N) is 2. The number of hydrogen-bond acceptors (Lipinski definition) is 4. The quantitative estimate of drug-likeness (QED) is 0.756. The average Bonchev–Trinajstić information content (AvgIpc) is 2.49. The molecule has 0 spiro atoms. The summed E-state index contributed by atoms with van der Waals surface area (Å²) in [6.07, 6.45) is 0. The number of Topliss-reactive ketones (excluding diaryl/α,β-unsaturated/α-hetero) is 1. The molecule has 0 aliphatic carbocycles. The van der Waals surface area contributed by atoms with Crippen molar-refractivity contribution < 1.29 is 4.79 Å². The third-order valence-corrected chi connectivity index (χ3v) is 2.99. The molecule has 0 saturated carbocycles. The van der Waals surface area contributed by atoms with Crippen molar-refractivity contribution in [3.05, 3.63) is 10.8 Å². The fourth-order valence-electron chi connectivity index (χ4n) is 0.890. The van der Waals surface area contributed by atoms with Crippen molar-refractivity contribution in [3.63, 3.8) is 0 Å². The zero-order chi connectivity index (χ0) is 10.9. The summed E-state index contributed by atoms with van der Waals surface area (Å²) in [5, 5.41) is 0.822. The Morgan fingerprint density at radius 1 is 1.43 bits per heavy atom. The molecule has 0 aromatic carbocycles. The van der Waals surface area contributed by atoms with Crippen molar-refractivity contribution in [3.8, 4) is 0 Å². The Hall–Kier alpha value is -0.770. The van der Waals surface area contributed by atoms with Crippen molar-refractivity contribution in [2.45, 2.75) is 46.0 Å². The molecule has 0 N–H and O–H groups in total. The Kier molecular flexibility index (Phi) is 3.04. The van der Waals surface area contributed by atoms with E-state index in [4.69, 9.17) is 0 Å². The number of aromatic nitrogens is 2. The van der Waals surface area contributed by atoms with Crippen molar-refractivity contribution in [1.29, 1.82) is 0 Å². The molecule has 3 nitrogen and oxygen atoms in total. The number of hydrogen-bond donors (Lipinski definition) is 0. The lowest BCUT2D eigenvalue weighted by atomic mass is 9.96. The predicted molar refractivity (Wildman–Crippen MR) is 57.7 cm³/mol. The zero-order valence-electron chi connectivity index (χ0n) is 9.29. The molecular formula is C10H16N2OS. The highest BCUT2D eigenvalue weighted by atomic mass is 32.1. The summed E-state index contributed by atoms with van der Waals surface area (Å²) >= 11 is 1.33. The minimum absolute atomic E-state index is 0.0364. The predicted octanol–water partition coefficient (Wildman–Crippen LogP) is 2.53. The van der Waals surface area contributed by atoms with Crippen molar-refractivity contribution in [2.75, 3.05) is 0 Å². The van der Waals surface area contributed by atoms with Gasteiger partial charge in [0.25, 0.3) is 0 Å². The lowest BCUT2D eigenvalue weighted by molar-refractivity contribution is -0.118. The van der Waals surface area contributed by atoms with E-state index in [0.29, 0.717) is 0 Å². The van der Waals surface area contributed by atoms with Crippen LogP contribution in [0.5, 0.6) is 0 Å². The van der Waals surface area contributed by atoms with Crippen LogP contribution in [0.25, 0.3) is 0 Å². The van der Waals surface area contributed by atoms with E-state index in [2.05, 4.69) is 30.1 Å². The van der Waals surface area contributed by atoms with Crippen LogP contribution in [-0.4, -0.2) is 15.1 Å². The van der Waals surface area contributed by atoms with Crippen LogP contribution in [0.1, 0.15) is 51.4 Å². The maximum atomic E-state index is 11.1. The second-order valence-corrected chi connectivity index (χ2v) is 5.32. The van der Waals surface area contributed by atoms with Crippen LogP contribution in [0.4, 0.5) is 0 Å². The van der Waals surface area contributed by atoms with E-state index in [-0.39, 0.29) is 17.1 Å². The topological polar surface area (TPSA) is 42.9 Å². The van der Waals surface area contributed by atoms with E-state index in [1.54, 1.807) is 6.92 Å². The molecule has 1 aromatic heterocycles. The van der Waals surface area contributed by atoms with Gasteiger partial charge in [-0.2, -0.15) is 4.37 Å². The Balaban J connectivity index is 2.94. The summed E-state index contributed by atoms with van der Waals surface area (Å²) in [5.74, 6) is 0.843. The van der Waals surface area contributed by atoms with Crippen LogP contribution in [0, 0.1) is 0 Å². The minimum atomic E-state index is -0.122. The highest BCUT2D eigenvalue weighted by Crippen LogP contribution is 2.24. The van der Waals surface area contributed by atoms with E-state index in [9.17, 15) is 4.79 Å². The largest absolute Gasteiger partial charge is 0.299 e. The van der Waals surface area contributed by atoms with E-state index in [1.807, 2.05) is 6.92 Å². The van der Waals surface area contributed by atoms with Crippen molar-refractivity contribution >= 4 is 17.3 Å². The third-order valence-electron chi connectivity index (χ3n) is 2.09. The van der Waals surface area contributed by atoms with Gasteiger partial charge in [0, 0.05) is 5.41 Å². The molecular weight excluding hydrogens is 196 g/mol. The molecule has 78 valence electrons. The van der Waals surface area contributed by atoms with E-state index < -0.39 is 0 Å². The fourth-order valence-corrected chi connectivity index (χ4v) is 1.84. The van der Waals surface area contributed by atoms with E-state index >= 15 is 0 Å². The molecule has 0 saturated heterocycles. The van der Waals surface area contributed by atoms with Gasteiger partial charge in [-0.1, -0.05) is 20.8 Å². The molecule has 1 rings (SSSR count). The molecule has 0 bridgehead atoms. The number of carbonyl (C=O) groups excluding carboxylic acids is 1. The van der Waals surface area contributed by atoms with Crippen LogP contribution in [0.3, 0.4) is 0 Å². The first kappa shape index (κ1) is 11.3. The van der Waals surface area contributed by atoms with Gasteiger partial charge in [-0.15, -0.1) is 0 Å². The number of ketones is 1. The number of rotatable bonds is 2. The SMILES string of the molecule is CC(=O)C(C)c1nc(C(C)(C)C)ns1. The maximum absolute atomic E-state index is 11.1. The average molecular weight is 212 g/mol. The first-order valence-electron chi connectivity index (χ1n) is 4.67. The second-order valence-electron chi connectivity index (χ2n) is 4.54. The van der Waals surface area contributed by atoms with Gasteiger partial charge in [0.1, 0.15) is 16.6 Å². The smallest absolute Gasteiger partial charge is 0.147 e. The van der Waals surface area contributed by atoms with Crippen LogP contribution >= 0.6 is 11.5 Å². The van der Waals surface area contributed by atoms with Crippen molar-refractivity contribution in [2.24, 2.45) is 0 Å². The molecule has 0 radical (unpaired) electrons. The van der Waals surface area contributed by atoms with Crippen molar-refractivity contribution in [1.82, 2.24) is 9.36 Å². The Morgan fingerprint density at radius 2 is 2.00 bits per heavy atom. The van der Waals surface area contributed by atoms with Gasteiger partial charge >= 0.3 is 0 Å². The van der Waals surface area contributed by atoms with Gasteiger partial charge in [0.15, 0.2) is 0 Å². The Labute approximate surface area is 88.7 Å². The zero-order valence-corrected chi connectivity index (χ0v) is 10.1. The standard InChI is InChI=1S/C10H16N2OS/c1-6(7(2)13)8-11-9(12-14-8)10(3,4)5/h6H,1-5H3. The summed E-state index contributed by atoms with van der Waals surface area (Å²) in [5.41, 5.74) is -0.0364. The molecule has 1 unspecified atom stereocenters. The summed E-state index contributed by atoms with van der Waals surface area (Å²) in [4.78, 5) is 15.5.